The predicted octanol–water partition coefficient (Wildman–Crippen LogP) is 4.15. The molecule has 0 aliphatic carbocycles. The number of ether oxygens (including phenoxy) is 2. The Bertz CT molecular complexity index is 418. The van der Waals surface area contributed by atoms with Crippen molar-refractivity contribution < 1.29 is 14.3 Å². The molecule has 3 nitrogen and oxygen atoms in total. The Hall–Kier alpha value is -1.22. The summed E-state index contributed by atoms with van der Waals surface area (Å²) in [5.41, 5.74) is 0.902. The Balaban J connectivity index is 2.37. The second kappa shape index (κ2) is 8.05. The highest BCUT2D eigenvalue weighted by Crippen LogP contribution is 2.21. The lowest BCUT2D eigenvalue weighted by atomic mass is 10.2. The van der Waals surface area contributed by atoms with Crippen molar-refractivity contribution in [3.8, 4) is 5.75 Å². The van der Waals surface area contributed by atoms with Crippen LogP contribution in [-0.2, 0) is 9.53 Å². The highest BCUT2D eigenvalue weighted by atomic mass is 35.5. The molecule has 1 atom stereocenters. The fraction of sp³-hybridized carbons (Fsp3) is 0.533. The van der Waals surface area contributed by atoms with Crippen LogP contribution in [0, 0.1) is 6.92 Å². The zero-order chi connectivity index (χ0) is 14.3. The lowest BCUT2D eigenvalue weighted by molar-refractivity contribution is -0.150. The van der Waals surface area contributed by atoms with Crippen LogP contribution < -0.4 is 4.74 Å². The monoisotopic (exact) mass is 284 g/mol. The number of rotatable bonds is 7. The maximum atomic E-state index is 11.6. The second-order valence-corrected chi connectivity index (χ2v) is 5.08. The van der Waals surface area contributed by atoms with E-state index < -0.39 is 0 Å². The van der Waals surface area contributed by atoms with Crippen molar-refractivity contribution in [3.05, 3.63) is 28.8 Å². The van der Waals surface area contributed by atoms with Crippen LogP contribution in [0.5, 0.6) is 5.75 Å². The topological polar surface area (TPSA) is 35.5 Å². The lowest BCUT2D eigenvalue weighted by Crippen LogP contribution is -2.20. The van der Waals surface area contributed by atoms with Gasteiger partial charge in [-0.25, -0.2) is 4.79 Å². The first-order chi connectivity index (χ1) is 9.02. The van der Waals surface area contributed by atoms with Crippen LogP contribution in [0.2, 0.25) is 5.02 Å². The molecule has 1 unspecified atom stereocenters. The largest absolute Gasteiger partial charge is 0.482 e. The third-order valence-corrected chi connectivity index (χ3v) is 3.01. The van der Waals surface area contributed by atoms with Gasteiger partial charge in [0.2, 0.25) is 0 Å². The normalized spacial score (nSPS) is 12.0. The van der Waals surface area contributed by atoms with Crippen molar-refractivity contribution in [2.75, 3.05) is 6.61 Å². The number of hydrogen-bond donors (Lipinski definition) is 0. The molecule has 0 heterocycles. The summed E-state index contributed by atoms with van der Waals surface area (Å²) in [5.74, 6) is 0.320. The van der Waals surface area contributed by atoms with Crippen LogP contribution in [0.3, 0.4) is 0 Å². The number of esters is 1. The molecule has 0 aromatic heterocycles. The Labute approximate surface area is 119 Å². The summed E-state index contributed by atoms with van der Waals surface area (Å²) in [6, 6.07) is 5.29. The van der Waals surface area contributed by atoms with Crippen LogP contribution in [0.25, 0.3) is 0 Å². The summed E-state index contributed by atoms with van der Waals surface area (Å²) in [6.07, 6.45) is 3.00. The highest BCUT2D eigenvalue weighted by Gasteiger charge is 2.10. The van der Waals surface area contributed by atoms with Crippen molar-refractivity contribution in [3.63, 3.8) is 0 Å². The molecule has 0 spiro atoms. The molecule has 0 aliphatic rings. The number of carbonyl (C=O) groups is 1. The van der Waals surface area contributed by atoms with Gasteiger partial charge >= 0.3 is 5.97 Å². The van der Waals surface area contributed by atoms with E-state index in [9.17, 15) is 4.79 Å². The first-order valence-corrected chi connectivity index (χ1v) is 6.99. The lowest BCUT2D eigenvalue weighted by Gasteiger charge is -2.14. The molecule has 1 aromatic carbocycles. The molecular weight excluding hydrogens is 264 g/mol. The molecule has 0 aliphatic heterocycles. The smallest absolute Gasteiger partial charge is 0.344 e. The van der Waals surface area contributed by atoms with Gasteiger partial charge in [-0.3, -0.25) is 0 Å². The van der Waals surface area contributed by atoms with Crippen molar-refractivity contribution in [1.29, 1.82) is 0 Å². The molecule has 1 rings (SSSR count). The average Bonchev–Trinajstić information content (AvgIpc) is 2.35. The fourth-order valence-corrected chi connectivity index (χ4v) is 1.95. The molecule has 106 valence electrons. The summed E-state index contributed by atoms with van der Waals surface area (Å²) >= 11 is 5.85. The van der Waals surface area contributed by atoms with E-state index >= 15 is 0 Å². The number of hydrogen-bond acceptors (Lipinski definition) is 3. The third kappa shape index (κ3) is 5.97. The summed E-state index contributed by atoms with van der Waals surface area (Å²) in [4.78, 5) is 11.6. The predicted molar refractivity (Wildman–Crippen MR) is 76.8 cm³/mol. The molecule has 0 radical (unpaired) electrons. The fourth-order valence-electron chi connectivity index (χ4n) is 1.72. The van der Waals surface area contributed by atoms with Gasteiger partial charge < -0.3 is 9.47 Å². The van der Waals surface area contributed by atoms with Crippen molar-refractivity contribution >= 4 is 17.6 Å². The van der Waals surface area contributed by atoms with Crippen LogP contribution in [0.15, 0.2) is 18.2 Å². The molecule has 19 heavy (non-hydrogen) atoms. The first kappa shape index (κ1) is 15.8. The van der Waals surface area contributed by atoms with Gasteiger partial charge in [-0.2, -0.15) is 0 Å². The third-order valence-electron chi connectivity index (χ3n) is 2.78. The molecule has 0 fully saturated rings. The van der Waals surface area contributed by atoms with E-state index in [0.717, 1.165) is 24.8 Å². The van der Waals surface area contributed by atoms with Gasteiger partial charge in [0.15, 0.2) is 6.61 Å². The Morgan fingerprint density at radius 2 is 2.16 bits per heavy atom. The SMILES string of the molecule is CCCCC(C)OC(=O)COc1ccc(Cl)cc1C. The summed E-state index contributed by atoms with van der Waals surface area (Å²) < 4.78 is 10.7. The second-order valence-electron chi connectivity index (χ2n) is 4.64. The molecule has 1 aromatic rings. The Morgan fingerprint density at radius 3 is 2.79 bits per heavy atom. The van der Waals surface area contributed by atoms with Crippen molar-refractivity contribution in [2.24, 2.45) is 0 Å². The minimum atomic E-state index is -0.335. The number of aryl methyl sites for hydroxylation is 1. The van der Waals surface area contributed by atoms with Gasteiger partial charge in [-0.05, 0) is 44.0 Å². The van der Waals surface area contributed by atoms with E-state index in [2.05, 4.69) is 6.92 Å². The molecule has 0 amide bonds. The first-order valence-electron chi connectivity index (χ1n) is 6.61. The van der Waals surface area contributed by atoms with E-state index in [1.807, 2.05) is 13.8 Å². The van der Waals surface area contributed by atoms with Gasteiger partial charge in [-0.1, -0.05) is 31.4 Å². The van der Waals surface area contributed by atoms with Gasteiger partial charge in [-0.15, -0.1) is 0 Å². The van der Waals surface area contributed by atoms with Crippen LogP contribution >= 0.6 is 11.6 Å². The summed E-state index contributed by atoms with van der Waals surface area (Å²) in [6.45, 7) is 5.83. The number of halogens is 1. The molecule has 0 saturated heterocycles. The van der Waals surface area contributed by atoms with E-state index in [1.165, 1.54) is 0 Å². The van der Waals surface area contributed by atoms with Crippen LogP contribution in [-0.4, -0.2) is 18.7 Å². The van der Waals surface area contributed by atoms with E-state index in [4.69, 9.17) is 21.1 Å². The Kier molecular flexibility index (Phi) is 6.71. The number of unbranched alkanes of at least 4 members (excludes halogenated alkanes) is 1. The molecule has 0 bridgehead atoms. The van der Waals surface area contributed by atoms with Gasteiger partial charge in [0.25, 0.3) is 0 Å². The number of benzene rings is 1. The maximum absolute atomic E-state index is 11.6. The van der Waals surface area contributed by atoms with Gasteiger partial charge in [0.1, 0.15) is 5.75 Å². The van der Waals surface area contributed by atoms with Gasteiger partial charge in [0.05, 0.1) is 6.10 Å². The van der Waals surface area contributed by atoms with Crippen LogP contribution in [0.1, 0.15) is 38.7 Å². The van der Waals surface area contributed by atoms with E-state index in [0.29, 0.717) is 10.8 Å². The maximum Gasteiger partial charge on any atom is 0.344 e. The van der Waals surface area contributed by atoms with E-state index in [1.54, 1.807) is 18.2 Å². The van der Waals surface area contributed by atoms with Crippen LogP contribution in [0.4, 0.5) is 0 Å². The van der Waals surface area contributed by atoms with Crippen molar-refractivity contribution in [1.82, 2.24) is 0 Å². The van der Waals surface area contributed by atoms with E-state index in [-0.39, 0.29) is 18.7 Å². The zero-order valence-corrected chi connectivity index (χ0v) is 12.5. The summed E-state index contributed by atoms with van der Waals surface area (Å²) in [5, 5.41) is 0.653. The highest BCUT2D eigenvalue weighted by molar-refractivity contribution is 6.30. The van der Waals surface area contributed by atoms with Crippen molar-refractivity contribution in [2.45, 2.75) is 46.1 Å². The average molecular weight is 285 g/mol. The minimum Gasteiger partial charge on any atom is -0.482 e. The Morgan fingerprint density at radius 1 is 1.42 bits per heavy atom. The van der Waals surface area contributed by atoms with Gasteiger partial charge in [0, 0.05) is 5.02 Å². The molecule has 4 heteroatoms. The quantitative estimate of drug-likeness (QED) is 0.706. The standard InChI is InChI=1S/C15H21ClO3/c1-4-5-6-12(3)19-15(17)10-18-14-8-7-13(16)9-11(14)2/h7-9,12H,4-6,10H2,1-3H3. The minimum absolute atomic E-state index is 0.0534. The molecular formula is C15H21ClO3. The zero-order valence-electron chi connectivity index (χ0n) is 11.7. The summed E-state index contributed by atoms with van der Waals surface area (Å²) in [7, 11) is 0. The molecule has 0 N–H and O–H groups in total. The number of carbonyl (C=O) groups excluding carboxylic acids is 1. The molecule has 0 saturated carbocycles.